The Morgan fingerprint density at radius 2 is 1.59 bits per heavy atom. The number of nitrogens with one attached hydrogen (secondary N) is 1. The first-order valence-electron chi connectivity index (χ1n) is 11.2. The molecule has 0 radical (unpaired) electrons. The molecule has 0 atom stereocenters. The van der Waals surface area contributed by atoms with Crippen LogP contribution in [-0.4, -0.2) is 31.7 Å². The first kappa shape index (κ1) is 26.2. The molecule has 0 spiro atoms. The standard InChI is InChI=1S/C26H28Cl2N2O3S/c1-2-3-7-21-10-13-23(14-11-21)29-26(31)19-30(17-16-20-8-5-4-6-9-20)34(32,33)25-18-22(27)12-15-24(25)28/h4-6,8-15,18H,2-3,7,16-17,19H2,1H3,(H,29,31). The van der Waals surface area contributed by atoms with Crippen molar-refractivity contribution >= 4 is 44.8 Å². The van der Waals surface area contributed by atoms with Gasteiger partial charge in [0.15, 0.2) is 0 Å². The monoisotopic (exact) mass is 518 g/mol. The van der Waals surface area contributed by atoms with Crippen LogP contribution < -0.4 is 5.32 Å². The van der Waals surface area contributed by atoms with Gasteiger partial charge in [-0.3, -0.25) is 4.79 Å². The van der Waals surface area contributed by atoms with Crippen LogP contribution in [0.15, 0.2) is 77.7 Å². The van der Waals surface area contributed by atoms with E-state index < -0.39 is 15.9 Å². The Kier molecular flexibility index (Phi) is 9.54. The Hall–Kier alpha value is -2.38. The number of rotatable bonds is 11. The van der Waals surface area contributed by atoms with E-state index in [4.69, 9.17) is 23.2 Å². The molecule has 0 aliphatic rings. The molecular weight excluding hydrogens is 491 g/mol. The molecule has 180 valence electrons. The number of carbonyl (C=O) groups excluding carboxylic acids is 1. The van der Waals surface area contributed by atoms with E-state index in [1.165, 1.54) is 23.8 Å². The van der Waals surface area contributed by atoms with Gasteiger partial charge in [-0.1, -0.05) is 79.0 Å². The Balaban J connectivity index is 1.78. The summed E-state index contributed by atoms with van der Waals surface area (Å²) in [4.78, 5) is 12.7. The Labute approximate surface area is 211 Å². The maximum absolute atomic E-state index is 13.5. The van der Waals surface area contributed by atoms with E-state index in [0.29, 0.717) is 12.1 Å². The lowest BCUT2D eigenvalue weighted by molar-refractivity contribution is -0.116. The number of carbonyl (C=O) groups is 1. The van der Waals surface area contributed by atoms with Crippen molar-refractivity contribution in [1.82, 2.24) is 4.31 Å². The molecule has 1 amide bonds. The third-order valence-electron chi connectivity index (χ3n) is 5.38. The minimum Gasteiger partial charge on any atom is -0.325 e. The lowest BCUT2D eigenvalue weighted by atomic mass is 10.1. The third kappa shape index (κ3) is 7.31. The largest absolute Gasteiger partial charge is 0.325 e. The van der Waals surface area contributed by atoms with Crippen LogP contribution in [0.25, 0.3) is 0 Å². The van der Waals surface area contributed by atoms with Crippen LogP contribution in [0.4, 0.5) is 5.69 Å². The van der Waals surface area contributed by atoms with Gasteiger partial charge in [-0.2, -0.15) is 4.31 Å². The van der Waals surface area contributed by atoms with Crippen LogP contribution in [0.5, 0.6) is 0 Å². The van der Waals surface area contributed by atoms with E-state index in [-0.39, 0.29) is 28.0 Å². The summed E-state index contributed by atoms with van der Waals surface area (Å²) >= 11 is 12.2. The summed E-state index contributed by atoms with van der Waals surface area (Å²) in [5, 5.41) is 3.10. The van der Waals surface area contributed by atoms with Crippen molar-refractivity contribution in [3.05, 3.63) is 94.0 Å². The molecule has 3 rings (SSSR count). The topological polar surface area (TPSA) is 66.5 Å². The second kappa shape index (κ2) is 12.4. The van der Waals surface area contributed by atoms with Crippen molar-refractivity contribution in [3.8, 4) is 0 Å². The van der Waals surface area contributed by atoms with Crippen molar-refractivity contribution in [2.75, 3.05) is 18.4 Å². The molecule has 3 aromatic rings. The summed E-state index contributed by atoms with van der Waals surface area (Å²) in [5.41, 5.74) is 2.77. The molecule has 3 aromatic carbocycles. The molecule has 0 heterocycles. The lowest BCUT2D eigenvalue weighted by Gasteiger charge is -2.22. The lowest BCUT2D eigenvalue weighted by Crippen LogP contribution is -2.39. The summed E-state index contributed by atoms with van der Waals surface area (Å²) in [6, 6.07) is 21.4. The fraction of sp³-hybridized carbons (Fsp3) is 0.269. The van der Waals surface area contributed by atoms with Crippen molar-refractivity contribution in [2.24, 2.45) is 0 Å². The minimum absolute atomic E-state index is 0.0530. The molecule has 0 bridgehead atoms. The van der Waals surface area contributed by atoms with Gasteiger partial charge in [0.1, 0.15) is 4.90 Å². The van der Waals surface area contributed by atoms with Gasteiger partial charge in [-0.15, -0.1) is 0 Å². The van der Waals surface area contributed by atoms with E-state index in [1.807, 2.05) is 54.6 Å². The molecule has 8 heteroatoms. The van der Waals surface area contributed by atoms with Gasteiger partial charge >= 0.3 is 0 Å². The smallest absolute Gasteiger partial charge is 0.245 e. The van der Waals surface area contributed by atoms with E-state index in [9.17, 15) is 13.2 Å². The number of anilines is 1. The summed E-state index contributed by atoms with van der Waals surface area (Å²) in [5.74, 6) is -0.434. The summed E-state index contributed by atoms with van der Waals surface area (Å²) < 4.78 is 28.1. The van der Waals surface area contributed by atoms with E-state index >= 15 is 0 Å². The average molecular weight is 519 g/mol. The zero-order valence-electron chi connectivity index (χ0n) is 19.0. The zero-order valence-corrected chi connectivity index (χ0v) is 21.3. The predicted octanol–water partition coefficient (Wildman–Crippen LogP) is 6.21. The van der Waals surface area contributed by atoms with Crippen molar-refractivity contribution in [2.45, 2.75) is 37.5 Å². The Bertz CT molecular complexity index is 1200. The Morgan fingerprint density at radius 1 is 0.912 bits per heavy atom. The van der Waals surface area contributed by atoms with Gasteiger partial charge in [0.25, 0.3) is 0 Å². The highest BCUT2D eigenvalue weighted by molar-refractivity contribution is 7.89. The molecule has 0 saturated heterocycles. The quantitative estimate of drug-likeness (QED) is 0.328. The molecule has 0 unspecified atom stereocenters. The van der Waals surface area contributed by atoms with E-state index in [1.54, 1.807) is 0 Å². The van der Waals surface area contributed by atoms with Crippen molar-refractivity contribution in [1.29, 1.82) is 0 Å². The van der Waals surface area contributed by atoms with Gasteiger partial charge in [0.2, 0.25) is 15.9 Å². The first-order valence-corrected chi connectivity index (χ1v) is 13.4. The number of halogens is 2. The number of benzene rings is 3. The van der Waals surface area contributed by atoms with Crippen LogP contribution in [0.2, 0.25) is 10.0 Å². The number of nitrogens with zero attached hydrogens (tertiary/aromatic N) is 1. The van der Waals surface area contributed by atoms with Gasteiger partial charge in [0, 0.05) is 17.3 Å². The summed E-state index contributed by atoms with van der Waals surface area (Å²) in [6.07, 6.45) is 3.64. The van der Waals surface area contributed by atoms with Crippen LogP contribution in [0, 0.1) is 0 Å². The van der Waals surface area contributed by atoms with Gasteiger partial charge < -0.3 is 5.32 Å². The maximum atomic E-state index is 13.5. The number of hydrogen-bond acceptors (Lipinski definition) is 3. The van der Waals surface area contributed by atoms with Crippen LogP contribution >= 0.6 is 23.2 Å². The van der Waals surface area contributed by atoms with E-state index in [0.717, 1.165) is 29.1 Å². The molecule has 0 aliphatic heterocycles. The molecule has 0 saturated carbocycles. The number of aryl methyl sites for hydroxylation is 1. The fourth-order valence-electron chi connectivity index (χ4n) is 3.49. The fourth-order valence-corrected chi connectivity index (χ4v) is 5.63. The number of hydrogen-bond donors (Lipinski definition) is 1. The summed E-state index contributed by atoms with van der Waals surface area (Å²) in [6.45, 7) is 1.90. The highest BCUT2D eigenvalue weighted by Gasteiger charge is 2.29. The maximum Gasteiger partial charge on any atom is 0.245 e. The van der Waals surface area contributed by atoms with Crippen LogP contribution in [-0.2, 0) is 27.7 Å². The highest BCUT2D eigenvalue weighted by atomic mass is 35.5. The number of unbranched alkanes of at least 4 members (excludes halogenated alkanes) is 1. The van der Waals surface area contributed by atoms with Gasteiger partial charge in [-0.25, -0.2) is 8.42 Å². The summed E-state index contributed by atoms with van der Waals surface area (Å²) in [7, 11) is -4.07. The SMILES string of the molecule is CCCCc1ccc(NC(=O)CN(CCc2ccccc2)S(=O)(=O)c2cc(Cl)ccc2Cl)cc1. The zero-order chi connectivity index (χ0) is 24.6. The molecule has 0 aliphatic carbocycles. The third-order valence-corrected chi connectivity index (χ3v) is 7.94. The molecule has 0 aromatic heterocycles. The number of sulfonamides is 1. The Morgan fingerprint density at radius 3 is 2.26 bits per heavy atom. The first-order chi connectivity index (χ1) is 16.3. The number of amides is 1. The minimum atomic E-state index is -4.07. The molecule has 0 fully saturated rings. The van der Waals surface area contributed by atoms with Crippen molar-refractivity contribution in [3.63, 3.8) is 0 Å². The molecule has 1 N–H and O–H groups in total. The van der Waals surface area contributed by atoms with Crippen LogP contribution in [0.3, 0.4) is 0 Å². The van der Waals surface area contributed by atoms with Gasteiger partial charge in [-0.05, 0) is 60.7 Å². The van der Waals surface area contributed by atoms with Crippen molar-refractivity contribution < 1.29 is 13.2 Å². The highest BCUT2D eigenvalue weighted by Crippen LogP contribution is 2.28. The molecule has 5 nitrogen and oxygen atoms in total. The predicted molar refractivity (Wildman–Crippen MR) is 139 cm³/mol. The molecular formula is C26H28Cl2N2O3S. The molecule has 34 heavy (non-hydrogen) atoms. The second-order valence-electron chi connectivity index (χ2n) is 8.00. The van der Waals surface area contributed by atoms with Crippen LogP contribution in [0.1, 0.15) is 30.9 Å². The average Bonchev–Trinajstić information content (AvgIpc) is 2.83. The second-order valence-corrected chi connectivity index (χ2v) is 10.7. The van der Waals surface area contributed by atoms with E-state index in [2.05, 4.69) is 12.2 Å². The van der Waals surface area contributed by atoms with Gasteiger partial charge in [0.05, 0.1) is 11.6 Å². The normalized spacial score (nSPS) is 11.5.